The second-order valence-corrected chi connectivity index (χ2v) is 8.09. The van der Waals surface area contributed by atoms with Gasteiger partial charge in [0, 0.05) is 38.4 Å². The van der Waals surface area contributed by atoms with E-state index in [0.29, 0.717) is 5.69 Å². The van der Waals surface area contributed by atoms with Gasteiger partial charge in [-0.15, -0.1) is 0 Å². The fourth-order valence-electron chi connectivity index (χ4n) is 3.73. The molecule has 2 amide bonds. The molecular formula is C24H32N4O3. The summed E-state index contributed by atoms with van der Waals surface area (Å²) in [5.74, 6) is 0.651. The molecule has 7 heteroatoms. The maximum atomic E-state index is 12.6. The number of hydrogen-bond acceptors (Lipinski definition) is 5. The number of benzene rings is 2. The lowest BCUT2D eigenvalue weighted by atomic mass is 10.1. The van der Waals surface area contributed by atoms with Gasteiger partial charge in [-0.25, -0.2) is 0 Å². The van der Waals surface area contributed by atoms with Crippen LogP contribution >= 0.6 is 0 Å². The van der Waals surface area contributed by atoms with Crippen LogP contribution < -0.4 is 10.1 Å². The van der Waals surface area contributed by atoms with Crippen LogP contribution in [0.3, 0.4) is 0 Å². The van der Waals surface area contributed by atoms with E-state index in [-0.39, 0.29) is 24.9 Å². The van der Waals surface area contributed by atoms with Gasteiger partial charge < -0.3 is 15.0 Å². The van der Waals surface area contributed by atoms with Crippen LogP contribution in [0.5, 0.6) is 5.75 Å². The van der Waals surface area contributed by atoms with E-state index >= 15 is 0 Å². The summed E-state index contributed by atoms with van der Waals surface area (Å²) in [6, 6.07) is 15.7. The summed E-state index contributed by atoms with van der Waals surface area (Å²) in [6.07, 6.45) is 0. The summed E-state index contributed by atoms with van der Waals surface area (Å²) < 4.78 is 5.11. The number of amides is 2. The third-order valence-electron chi connectivity index (χ3n) is 5.41. The quantitative estimate of drug-likeness (QED) is 0.704. The molecule has 31 heavy (non-hydrogen) atoms. The molecule has 2 aromatic rings. The number of carbonyl (C=O) groups is 2. The van der Waals surface area contributed by atoms with Gasteiger partial charge in [-0.2, -0.15) is 0 Å². The normalized spacial score (nSPS) is 14.5. The third-order valence-corrected chi connectivity index (χ3v) is 5.41. The van der Waals surface area contributed by atoms with Crippen molar-refractivity contribution in [2.24, 2.45) is 0 Å². The molecule has 3 rings (SSSR count). The number of ether oxygens (including phenoxy) is 1. The van der Waals surface area contributed by atoms with E-state index < -0.39 is 0 Å². The molecule has 0 aromatic heterocycles. The zero-order valence-electron chi connectivity index (χ0n) is 18.6. The molecular weight excluding hydrogens is 392 g/mol. The molecule has 0 atom stereocenters. The van der Waals surface area contributed by atoms with Crippen LogP contribution in [-0.4, -0.2) is 79.9 Å². The summed E-state index contributed by atoms with van der Waals surface area (Å²) in [6.45, 7) is 6.57. The fraction of sp³-hybridized carbons (Fsp3) is 0.417. The van der Waals surface area contributed by atoms with Gasteiger partial charge >= 0.3 is 0 Å². The Balaban J connectivity index is 1.39. The van der Waals surface area contributed by atoms with Crippen molar-refractivity contribution in [3.63, 3.8) is 0 Å². The molecule has 0 saturated carbocycles. The molecule has 1 fully saturated rings. The van der Waals surface area contributed by atoms with Gasteiger partial charge in [0.2, 0.25) is 11.8 Å². The van der Waals surface area contributed by atoms with Crippen molar-refractivity contribution in [1.29, 1.82) is 0 Å². The van der Waals surface area contributed by atoms with Gasteiger partial charge in [-0.3, -0.25) is 19.4 Å². The number of likely N-dealkylation sites (N-methyl/N-ethyl adjacent to an activating group) is 1. The lowest BCUT2D eigenvalue weighted by molar-refractivity contribution is -0.134. The second kappa shape index (κ2) is 10.9. The van der Waals surface area contributed by atoms with Crippen LogP contribution in [-0.2, 0) is 16.1 Å². The Bertz CT molecular complexity index is 877. The highest BCUT2D eigenvalue weighted by Gasteiger charge is 2.22. The van der Waals surface area contributed by atoms with Gasteiger partial charge in [-0.1, -0.05) is 29.8 Å². The molecule has 2 aromatic carbocycles. The lowest BCUT2D eigenvalue weighted by Gasteiger charge is -2.35. The van der Waals surface area contributed by atoms with Crippen LogP contribution in [0.15, 0.2) is 48.5 Å². The topological polar surface area (TPSA) is 65.1 Å². The number of carbonyl (C=O) groups excluding carboxylic acids is 2. The van der Waals surface area contributed by atoms with Gasteiger partial charge in [0.05, 0.1) is 20.2 Å². The summed E-state index contributed by atoms with van der Waals surface area (Å²) in [4.78, 5) is 30.9. The molecule has 0 unspecified atom stereocenters. The molecule has 0 spiro atoms. The average Bonchev–Trinajstić information content (AvgIpc) is 2.74. The first-order chi connectivity index (χ1) is 14.9. The zero-order valence-corrected chi connectivity index (χ0v) is 18.6. The molecule has 1 N–H and O–H groups in total. The number of anilines is 1. The first kappa shape index (κ1) is 22.8. The minimum absolute atomic E-state index is 0.0648. The molecule has 1 aliphatic heterocycles. The van der Waals surface area contributed by atoms with Crippen molar-refractivity contribution in [1.82, 2.24) is 14.7 Å². The van der Waals surface area contributed by atoms with Crippen molar-refractivity contribution >= 4 is 17.5 Å². The maximum absolute atomic E-state index is 12.6. The maximum Gasteiger partial charge on any atom is 0.238 e. The standard InChI is InChI=1S/C24H32N4O3/c1-19-5-4-6-20(15-19)16-27-11-13-28(14-12-27)24(30)18-26(2)17-23(29)25-21-7-9-22(31-3)10-8-21/h4-10,15H,11-14,16-18H2,1-3H3,(H,25,29). The molecule has 7 nitrogen and oxygen atoms in total. The zero-order chi connectivity index (χ0) is 22.2. The SMILES string of the molecule is COc1ccc(NC(=O)CN(C)CC(=O)N2CCN(Cc3cccc(C)c3)CC2)cc1. The molecule has 1 saturated heterocycles. The van der Waals surface area contributed by atoms with E-state index in [1.54, 1.807) is 43.3 Å². The highest BCUT2D eigenvalue weighted by Crippen LogP contribution is 2.15. The fourth-order valence-corrected chi connectivity index (χ4v) is 3.73. The molecule has 0 aliphatic carbocycles. The van der Waals surface area contributed by atoms with Gasteiger partial charge in [-0.05, 0) is 43.8 Å². The predicted molar refractivity (Wildman–Crippen MR) is 122 cm³/mol. The first-order valence-electron chi connectivity index (χ1n) is 10.6. The Labute approximate surface area is 184 Å². The Hall–Kier alpha value is -2.90. The number of methoxy groups -OCH3 is 1. The van der Waals surface area contributed by atoms with Crippen LogP contribution in [0.1, 0.15) is 11.1 Å². The largest absolute Gasteiger partial charge is 0.497 e. The summed E-state index contributed by atoms with van der Waals surface area (Å²) >= 11 is 0. The molecule has 0 bridgehead atoms. The van der Waals surface area contributed by atoms with Gasteiger partial charge in [0.1, 0.15) is 5.75 Å². The minimum Gasteiger partial charge on any atom is -0.497 e. The van der Waals surface area contributed by atoms with Crippen LogP contribution in [0.25, 0.3) is 0 Å². The van der Waals surface area contributed by atoms with Gasteiger partial charge in [0.25, 0.3) is 0 Å². The van der Waals surface area contributed by atoms with Crippen LogP contribution in [0, 0.1) is 6.92 Å². The Morgan fingerprint density at radius 3 is 2.39 bits per heavy atom. The van der Waals surface area contributed by atoms with Gasteiger partial charge in [0.15, 0.2) is 0 Å². The number of piperazine rings is 1. The molecule has 166 valence electrons. The third kappa shape index (κ3) is 7.08. The second-order valence-electron chi connectivity index (χ2n) is 8.09. The van der Waals surface area contributed by atoms with E-state index in [1.165, 1.54) is 11.1 Å². The van der Waals surface area contributed by atoms with E-state index in [0.717, 1.165) is 38.5 Å². The number of rotatable bonds is 8. The van der Waals surface area contributed by atoms with Crippen molar-refractivity contribution < 1.29 is 14.3 Å². The van der Waals surface area contributed by atoms with Crippen molar-refractivity contribution in [2.45, 2.75) is 13.5 Å². The molecule has 1 heterocycles. The Kier molecular flexibility index (Phi) is 8.03. The van der Waals surface area contributed by atoms with Crippen molar-refractivity contribution in [3.05, 3.63) is 59.7 Å². The highest BCUT2D eigenvalue weighted by molar-refractivity contribution is 5.92. The predicted octanol–water partition coefficient (Wildman–Crippen LogP) is 2.22. The Morgan fingerprint density at radius 1 is 1.03 bits per heavy atom. The number of aryl methyl sites for hydroxylation is 1. The number of nitrogens with one attached hydrogen (secondary N) is 1. The summed E-state index contributed by atoms with van der Waals surface area (Å²) in [7, 11) is 3.39. The van der Waals surface area contributed by atoms with Crippen LogP contribution in [0.2, 0.25) is 0 Å². The van der Waals surface area contributed by atoms with E-state index in [2.05, 4.69) is 41.4 Å². The number of hydrogen-bond donors (Lipinski definition) is 1. The summed E-state index contributed by atoms with van der Waals surface area (Å²) in [5, 5.41) is 2.84. The lowest BCUT2D eigenvalue weighted by Crippen LogP contribution is -2.51. The molecule has 1 aliphatic rings. The highest BCUT2D eigenvalue weighted by atomic mass is 16.5. The van der Waals surface area contributed by atoms with Crippen molar-refractivity contribution in [2.75, 3.05) is 58.7 Å². The average molecular weight is 425 g/mol. The van der Waals surface area contributed by atoms with Crippen LogP contribution in [0.4, 0.5) is 5.69 Å². The Morgan fingerprint density at radius 2 is 1.74 bits per heavy atom. The smallest absolute Gasteiger partial charge is 0.238 e. The van der Waals surface area contributed by atoms with E-state index in [4.69, 9.17) is 4.74 Å². The minimum atomic E-state index is -0.150. The summed E-state index contributed by atoms with van der Waals surface area (Å²) in [5.41, 5.74) is 3.28. The van der Waals surface area contributed by atoms with E-state index in [9.17, 15) is 9.59 Å². The molecule has 0 radical (unpaired) electrons. The number of nitrogens with zero attached hydrogens (tertiary/aromatic N) is 3. The first-order valence-corrected chi connectivity index (χ1v) is 10.6. The van der Waals surface area contributed by atoms with E-state index in [1.807, 2.05) is 4.90 Å². The monoisotopic (exact) mass is 424 g/mol. The van der Waals surface area contributed by atoms with Crippen molar-refractivity contribution in [3.8, 4) is 5.75 Å².